The normalized spacial score (nSPS) is 26.2. The van der Waals surface area contributed by atoms with Crippen LogP contribution in [0.3, 0.4) is 0 Å². The van der Waals surface area contributed by atoms with E-state index in [4.69, 9.17) is 14.6 Å². The zero-order valence-electron chi connectivity index (χ0n) is 11.7. The van der Waals surface area contributed by atoms with Gasteiger partial charge in [0.1, 0.15) is 5.75 Å². The monoisotopic (exact) mass is 280 g/mol. The van der Waals surface area contributed by atoms with Crippen molar-refractivity contribution in [3.63, 3.8) is 0 Å². The molecule has 0 aromatic heterocycles. The second-order valence-electron chi connectivity index (χ2n) is 5.09. The fourth-order valence-electron chi connectivity index (χ4n) is 2.30. The molecule has 1 aromatic rings. The van der Waals surface area contributed by atoms with Crippen molar-refractivity contribution < 1.29 is 24.5 Å². The van der Waals surface area contributed by atoms with E-state index in [0.717, 1.165) is 12.0 Å². The fraction of sp³-hybridized carbons (Fsp3) is 0.533. The molecule has 1 aromatic carbocycles. The summed E-state index contributed by atoms with van der Waals surface area (Å²) in [6.07, 6.45) is -1.14. The van der Waals surface area contributed by atoms with Crippen molar-refractivity contribution in [3.05, 3.63) is 29.3 Å². The number of aliphatic hydroxyl groups excluding tert-OH is 1. The molecule has 1 fully saturated rings. The number of aliphatic hydroxyl groups is 1. The van der Waals surface area contributed by atoms with E-state index in [1.165, 1.54) is 5.56 Å². The summed E-state index contributed by atoms with van der Waals surface area (Å²) in [6.45, 7) is 4.01. The minimum Gasteiger partial charge on any atom is -0.479 e. The number of carboxylic acid groups (broad SMARTS) is 1. The Morgan fingerprint density at radius 2 is 2.20 bits per heavy atom. The van der Waals surface area contributed by atoms with Crippen LogP contribution in [0, 0.1) is 6.92 Å². The third kappa shape index (κ3) is 3.49. The van der Waals surface area contributed by atoms with Gasteiger partial charge in [0, 0.05) is 12.8 Å². The Morgan fingerprint density at radius 1 is 1.45 bits per heavy atom. The van der Waals surface area contributed by atoms with Crippen LogP contribution in [0.1, 0.15) is 30.9 Å². The standard InChI is InChI=1S/C15H20O5/c1-3-10-4-5-12(9(2)6-10)19-14-8-11(16)7-13(20-14)15(17)18/h4-6,11,13-14,16H,3,7-8H2,1-2H3,(H,17,18). The van der Waals surface area contributed by atoms with Crippen molar-refractivity contribution in [1.29, 1.82) is 0 Å². The van der Waals surface area contributed by atoms with Crippen LogP contribution in [0.4, 0.5) is 0 Å². The molecule has 2 N–H and O–H groups in total. The zero-order chi connectivity index (χ0) is 14.7. The number of ether oxygens (including phenoxy) is 2. The number of hydrogen-bond acceptors (Lipinski definition) is 4. The van der Waals surface area contributed by atoms with Crippen LogP contribution in [0.5, 0.6) is 5.75 Å². The van der Waals surface area contributed by atoms with Gasteiger partial charge >= 0.3 is 5.97 Å². The summed E-state index contributed by atoms with van der Waals surface area (Å²) in [4.78, 5) is 11.0. The van der Waals surface area contributed by atoms with Crippen molar-refractivity contribution in [2.24, 2.45) is 0 Å². The summed E-state index contributed by atoms with van der Waals surface area (Å²) >= 11 is 0. The minimum absolute atomic E-state index is 0.100. The highest BCUT2D eigenvalue weighted by Crippen LogP contribution is 2.26. The van der Waals surface area contributed by atoms with Gasteiger partial charge in [-0.2, -0.15) is 0 Å². The lowest BCUT2D eigenvalue weighted by Gasteiger charge is -2.31. The first-order valence-electron chi connectivity index (χ1n) is 6.82. The maximum Gasteiger partial charge on any atom is 0.333 e. The summed E-state index contributed by atoms with van der Waals surface area (Å²) in [6, 6.07) is 5.85. The number of carbonyl (C=O) groups is 1. The lowest BCUT2D eigenvalue weighted by molar-refractivity contribution is -0.195. The second kappa shape index (κ2) is 6.24. The number of carboxylic acids is 1. The third-order valence-electron chi connectivity index (χ3n) is 3.45. The van der Waals surface area contributed by atoms with E-state index in [1.807, 2.05) is 25.1 Å². The average Bonchev–Trinajstić information content (AvgIpc) is 2.40. The second-order valence-corrected chi connectivity index (χ2v) is 5.09. The Balaban J connectivity index is 2.07. The van der Waals surface area contributed by atoms with Crippen LogP contribution in [0.25, 0.3) is 0 Å². The lowest BCUT2D eigenvalue weighted by Crippen LogP contribution is -2.42. The van der Waals surface area contributed by atoms with Gasteiger partial charge in [0.15, 0.2) is 6.10 Å². The molecule has 110 valence electrons. The molecule has 2 rings (SSSR count). The highest BCUT2D eigenvalue weighted by Gasteiger charge is 2.34. The Labute approximate surface area is 118 Å². The number of benzene rings is 1. The summed E-state index contributed by atoms with van der Waals surface area (Å²) in [5, 5.41) is 18.7. The van der Waals surface area contributed by atoms with Crippen molar-refractivity contribution in [2.45, 2.75) is 51.6 Å². The predicted molar refractivity (Wildman–Crippen MR) is 72.7 cm³/mol. The Hall–Kier alpha value is -1.59. The Kier molecular flexibility index (Phi) is 4.62. The number of rotatable bonds is 4. The highest BCUT2D eigenvalue weighted by atomic mass is 16.7. The first-order valence-corrected chi connectivity index (χ1v) is 6.82. The summed E-state index contributed by atoms with van der Waals surface area (Å²) in [7, 11) is 0. The summed E-state index contributed by atoms with van der Waals surface area (Å²) < 4.78 is 11.0. The van der Waals surface area contributed by atoms with Gasteiger partial charge in [-0.1, -0.05) is 19.1 Å². The molecule has 1 aliphatic rings. The van der Waals surface area contributed by atoms with Crippen molar-refractivity contribution in [3.8, 4) is 5.75 Å². The molecule has 0 bridgehead atoms. The quantitative estimate of drug-likeness (QED) is 0.880. The Morgan fingerprint density at radius 3 is 2.80 bits per heavy atom. The van der Waals surface area contributed by atoms with Crippen molar-refractivity contribution >= 4 is 5.97 Å². The summed E-state index contributed by atoms with van der Waals surface area (Å²) in [5.41, 5.74) is 2.18. The van der Waals surface area contributed by atoms with Gasteiger partial charge in [0.05, 0.1) is 6.10 Å². The molecule has 3 atom stereocenters. The van der Waals surface area contributed by atoms with Crippen molar-refractivity contribution in [1.82, 2.24) is 0 Å². The predicted octanol–water partition coefficient (Wildman–Crippen LogP) is 1.89. The smallest absolute Gasteiger partial charge is 0.333 e. The minimum atomic E-state index is -1.07. The number of aliphatic carboxylic acids is 1. The van der Waals surface area contributed by atoms with E-state index >= 15 is 0 Å². The van der Waals surface area contributed by atoms with Gasteiger partial charge < -0.3 is 19.7 Å². The van der Waals surface area contributed by atoms with Gasteiger partial charge in [0.25, 0.3) is 0 Å². The fourth-order valence-corrected chi connectivity index (χ4v) is 2.30. The molecular formula is C15H20O5. The van der Waals surface area contributed by atoms with Crippen molar-refractivity contribution in [2.75, 3.05) is 0 Å². The molecule has 1 heterocycles. The third-order valence-corrected chi connectivity index (χ3v) is 3.45. The molecule has 5 nitrogen and oxygen atoms in total. The summed E-state index contributed by atoms with van der Waals surface area (Å²) in [5.74, 6) is -0.416. The molecule has 3 unspecified atom stereocenters. The van der Waals surface area contributed by atoms with E-state index in [0.29, 0.717) is 5.75 Å². The van der Waals surface area contributed by atoms with Gasteiger partial charge in [-0.3, -0.25) is 0 Å². The molecule has 0 saturated carbocycles. The zero-order valence-corrected chi connectivity index (χ0v) is 11.7. The van der Waals surface area contributed by atoms with Crippen LogP contribution in [-0.2, 0) is 16.0 Å². The van der Waals surface area contributed by atoms with Crippen LogP contribution >= 0.6 is 0 Å². The van der Waals surface area contributed by atoms with E-state index in [1.54, 1.807) is 0 Å². The molecule has 0 radical (unpaired) electrons. The van der Waals surface area contributed by atoms with Gasteiger partial charge in [-0.15, -0.1) is 0 Å². The van der Waals surface area contributed by atoms with Crippen LogP contribution < -0.4 is 4.74 Å². The maximum absolute atomic E-state index is 11.0. The first kappa shape index (κ1) is 14.8. The molecule has 20 heavy (non-hydrogen) atoms. The molecule has 0 amide bonds. The van der Waals surface area contributed by atoms with Crippen LogP contribution in [0.2, 0.25) is 0 Å². The lowest BCUT2D eigenvalue weighted by atomic mass is 10.1. The van der Waals surface area contributed by atoms with E-state index in [2.05, 4.69) is 6.92 Å². The molecule has 1 saturated heterocycles. The Bertz CT molecular complexity index is 485. The van der Waals surface area contributed by atoms with Gasteiger partial charge in [-0.25, -0.2) is 4.79 Å². The first-order chi connectivity index (χ1) is 9.49. The van der Waals surface area contributed by atoms with E-state index < -0.39 is 24.5 Å². The molecule has 5 heteroatoms. The number of aryl methyl sites for hydroxylation is 2. The molecule has 0 aliphatic carbocycles. The van der Waals surface area contributed by atoms with E-state index in [9.17, 15) is 9.90 Å². The average molecular weight is 280 g/mol. The highest BCUT2D eigenvalue weighted by molar-refractivity contribution is 5.72. The molecule has 0 spiro atoms. The van der Waals surface area contributed by atoms with E-state index in [-0.39, 0.29) is 12.8 Å². The van der Waals surface area contributed by atoms with Gasteiger partial charge in [0.2, 0.25) is 6.29 Å². The molecular weight excluding hydrogens is 260 g/mol. The number of hydrogen-bond donors (Lipinski definition) is 2. The van der Waals surface area contributed by atoms with Crippen LogP contribution in [0.15, 0.2) is 18.2 Å². The van der Waals surface area contributed by atoms with Gasteiger partial charge in [-0.05, 0) is 30.5 Å². The van der Waals surface area contributed by atoms with Crippen LogP contribution in [-0.4, -0.2) is 34.7 Å². The topological polar surface area (TPSA) is 76.0 Å². The maximum atomic E-state index is 11.0. The largest absolute Gasteiger partial charge is 0.479 e. The SMILES string of the molecule is CCc1ccc(OC2CC(O)CC(C(=O)O)O2)c(C)c1. The molecule has 1 aliphatic heterocycles.